The van der Waals surface area contributed by atoms with Gasteiger partial charge in [-0.3, -0.25) is 4.57 Å². The molecule has 12 heavy (non-hydrogen) atoms. The molecule has 0 radical (unpaired) electrons. The van der Waals surface area contributed by atoms with E-state index >= 15 is 0 Å². The highest BCUT2D eigenvalue weighted by atomic mass is 33.1. The lowest BCUT2D eigenvalue weighted by Gasteiger charge is -2.05. The van der Waals surface area contributed by atoms with E-state index in [1.807, 2.05) is 10.8 Å². The van der Waals surface area contributed by atoms with Gasteiger partial charge in [0.2, 0.25) is 0 Å². The zero-order chi connectivity index (χ0) is 8.65. The first-order valence-electron chi connectivity index (χ1n) is 4.51. The molecule has 0 amide bonds. The average Bonchev–Trinajstić information content (AvgIpc) is 2.57. The van der Waals surface area contributed by atoms with E-state index in [4.69, 9.17) is 0 Å². The van der Waals surface area contributed by atoms with Crippen molar-refractivity contribution in [2.75, 3.05) is 11.9 Å². The van der Waals surface area contributed by atoms with Crippen LogP contribution in [-0.4, -0.2) is 17.2 Å². The van der Waals surface area contributed by atoms with Gasteiger partial charge in [0.05, 0.1) is 0 Å². The van der Waals surface area contributed by atoms with Gasteiger partial charge in [0.25, 0.3) is 0 Å². The number of unbranched alkanes of at least 4 members (excludes halogenated alkanes) is 2. The molecule has 1 heterocycles. The van der Waals surface area contributed by atoms with Gasteiger partial charge in [0.15, 0.2) is 8.46 Å². The van der Waals surface area contributed by atoms with Gasteiger partial charge in [-0.15, -0.1) is 0 Å². The first-order chi connectivity index (χ1) is 5.93. The minimum Gasteiger partial charge on any atom is -0.275 e. The lowest BCUT2D eigenvalue weighted by molar-refractivity contribution is 0.593. The highest BCUT2D eigenvalue weighted by Gasteiger charge is 2.15. The molecule has 0 spiro atoms. The lowest BCUT2D eigenvalue weighted by Crippen LogP contribution is -1.96. The van der Waals surface area contributed by atoms with Crippen molar-refractivity contribution >= 4 is 30.0 Å². The fourth-order valence-electron chi connectivity index (χ4n) is 1.29. The van der Waals surface area contributed by atoms with Gasteiger partial charge in [0.1, 0.15) is 0 Å². The Morgan fingerprint density at radius 2 is 2.25 bits per heavy atom. The Bertz CT molecular complexity index is 126. The second-order valence-corrected chi connectivity index (χ2v) is 6.52. The molecule has 0 N–H and O–H groups in total. The summed E-state index contributed by atoms with van der Waals surface area (Å²) in [5, 5.41) is 0.916. The van der Waals surface area contributed by atoms with Crippen LogP contribution in [0.4, 0.5) is 0 Å². The molecule has 0 aromatic rings. The maximum Gasteiger partial charge on any atom is 0.155 e. The minimum atomic E-state index is 0.321. The van der Waals surface area contributed by atoms with Gasteiger partial charge in [-0.05, 0) is 19.3 Å². The van der Waals surface area contributed by atoms with E-state index in [1.54, 1.807) is 0 Å². The zero-order valence-corrected chi connectivity index (χ0v) is 9.73. The molecule has 1 rings (SSSR count). The molecule has 1 unspecified atom stereocenters. The van der Waals surface area contributed by atoms with Crippen molar-refractivity contribution in [2.24, 2.45) is 0 Å². The first kappa shape index (κ1) is 10.9. The second kappa shape index (κ2) is 7.23. The van der Waals surface area contributed by atoms with Crippen LogP contribution in [0.2, 0.25) is 0 Å². The van der Waals surface area contributed by atoms with Crippen LogP contribution in [0.15, 0.2) is 0 Å². The standard InChI is InChI=1S/C8H15OPS2/c9-10-6-3-1-2-4-8-5-7-11-12-8/h8H,1-7H2. The largest absolute Gasteiger partial charge is 0.275 e. The summed E-state index contributed by atoms with van der Waals surface area (Å²) in [6, 6.07) is 0. The Hall–Kier alpha value is 0.800. The molecule has 0 bridgehead atoms. The van der Waals surface area contributed by atoms with Gasteiger partial charge in [-0.1, -0.05) is 34.4 Å². The Labute approximate surface area is 84.1 Å². The van der Waals surface area contributed by atoms with Crippen molar-refractivity contribution in [2.45, 2.75) is 37.4 Å². The summed E-state index contributed by atoms with van der Waals surface area (Å²) < 4.78 is 10.1. The van der Waals surface area contributed by atoms with E-state index in [0.29, 0.717) is 8.46 Å². The predicted octanol–water partition coefficient (Wildman–Crippen LogP) is 3.99. The van der Waals surface area contributed by atoms with E-state index in [2.05, 4.69) is 10.8 Å². The molecule has 1 fully saturated rings. The van der Waals surface area contributed by atoms with Crippen LogP contribution in [0.5, 0.6) is 0 Å². The summed E-state index contributed by atoms with van der Waals surface area (Å²) in [7, 11) is 4.40. The van der Waals surface area contributed by atoms with E-state index in [-0.39, 0.29) is 0 Å². The summed E-state index contributed by atoms with van der Waals surface area (Å²) in [5.74, 6) is 1.34. The molecular formula is C8H15OPS2. The Morgan fingerprint density at radius 3 is 2.92 bits per heavy atom. The third-order valence-corrected chi connectivity index (χ3v) is 5.51. The summed E-state index contributed by atoms with van der Waals surface area (Å²) in [4.78, 5) is 0. The third-order valence-electron chi connectivity index (χ3n) is 2.00. The van der Waals surface area contributed by atoms with Gasteiger partial charge in [-0.2, -0.15) is 0 Å². The molecule has 1 aliphatic heterocycles. The average molecular weight is 222 g/mol. The third kappa shape index (κ3) is 4.74. The maximum atomic E-state index is 10.1. The Morgan fingerprint density at radius 1 is 1.33 bits per heavy atom. The van der Waals surface area contributed by atoms with E-state index in [9.17, 15) is 4.57 Å². The summed E-state index contributed by atoms with van der Waals surface area (Å²) in [5.41, 5.74) is 0. The summed E-state index contributed by atoms with van der Waals surface area (Å²) >= 11 is 0. The lowest BCUT2D eigenvalue weighted by atomic mass is 10.1. The smallest absolute Gasteiger partial charge is 0.155 e. The number of hydrogen-bond donors (Lipinski definition) is 0. The highest BCUT2D eigenvalue weighted by molar-refractivity contribution is 8.77. The Kier molecular flexibility index (Phi) is 6.55. The van der Waals surface area contributed by atoms with Gasteiger partial charge >= 0.3 is 0 Å². The molecule has 0 aliphatic carbocycles. The van der Waals surface area contributed by atoms with Crippen LogP contribution in [0.25, 0.3) is 0 Å². The Balaban J connectivity index is 1.84. The molecule has 1 atom stereocenters. The SMILES string of the molecule is O=PCCCCCC1CCSS1. The van der Waals surface area contributed by atoms with Crippen LogP contribution in [0.3, 0.4) is 0 Å². The molecule has 1 aliphatic rings. The minimum absolute atomic E-state index is 0.321. The van der Waals surface area contributed by atoms with Crippen molar-refractivity contribution in [3.63, 3.8) is 0 Å². The van der Waals surface area contributed by atoms with Crippen LogP contribution in [0.1, 0.15) is 32.1 Å². The van der Waals surface area contributed by atoms with Gasteiger partial charge in [0, 0.05) is 17.2 Å². The quantitative estimate of drug-likeness (QED) is 0.384. The monoisotopic (exact) mass is 222 g/mol. The van der Waals surface area contributed by atoms with Crippen LogP contribution in [-0.2, 0) is 4.57 Å². The zero-order valence-electron chi connectivity index (χ0n) is 7.20. The molecule has 1 saturated heterocycles. The molecule has 0 aromatic heterocycles. The van der Waals surface area contributed by atoms with Crippen molar-refractivity contribution in [1.82, 2.24) is 0 Å². The number of hydrogen-bond acceptors (Lipinski definition) is 3. The fourth-order valence-corrected chi connectivity index (χ4v) is 4.67. The molecule has 70 valence electrons. The van der Waals surface area contributed by atoms with Crippen molar-refractivity contribution in [3.8, 4) is 0 Å². The van der Waals surface area contributed by atoms with Crippen LogP contribution >= 0.6 is 30.0 Å². The molecule has 0 aromatic carbocycles. The molecule has 4 heteroatoms. The van der Waals surface area contributed by atoms with Crippen molar-refractivity contribution < 1.29 is 4.57 Å². The topological polar surface area (TPSA) is 17.1 Å². The van der Waals surface area contributed by atoms with Crippen LogP contribution < -0.4 is 0 Å². The molecule has 0 saturated carbocycles. The number of rotatable bonds is 6. The summed E-state index contributed by atoms with van der Waals surface area (Å²) in [6.07, 6.45) is 7.34. The second-order valence-electron chi connectivity index (χ2n) is 3.03. The first-order valence-corrected chi connectivity index (χ1v) is 7.89. The van der Waals surface area contributed by atoms with E-state index in [1.165, 1.54) is 31.4 Å². The maximum absolute atomic E-state index is 10.1. The summed E-state index contributed by atoms with van der Waals surface area (Å²) in [6.45, 7) is 0. The molecule has 1 nitrogen and oxygen atoms in total. The van der Waals surface area contributed by atoms with Crippen LogP contribution in [0, 0.1) is 0 Å². The van der Waals surface area contributed by atoms with Crippen molar-refractivity contribution in [3.05, 3.63) is 0 Å². The molecular weight excluding hydrogens is 207 g/mol. The van der Waals surface area contributed by atoms with E-state index in [0.717, 1.165) is 17.8 Å². The normalized spacial score (nSPS) is 23.5. The van der Waals surface area contributed by atoms with Crippen molar-refractivity contribution in [1.29, 1.82) is 0 Å². The fraction of sp³-hybridized carbons (Fsp3) is 1.00. The highest BCUT2D eigenvalue weighted by Crippen LogP contribution is 2.39. The van der Waals surface area contributed by atoms with Gasteiger partial charge in [-0.25, -0.2) is 0 Å². The predicted molar refractivity (Wildman–Crippen MR) is 59.4 cm³/mol. The van der Waals surface area contributed by atoms with Gasteiger partial charge < -0.3 is 0 Å². The van der Waals surface area contributed by atoms with E-state index < -0.39 is 0 Å².